The molecule has 0 radical (unpaired) electrons. The van der Waals surface area contributed by atoms with Crippen LogP contribution in [0.15, 0.2) is 42.5 Å². The average Bonchev–Trinajstić information content (AvgIpc) is 2.41. The summed E-state index contributed by atoms with van der Waals surface area (Å²) < 4.78 is 17.9. The Bertz CT molecular complexity index is 597. The van der Waals surface area contributed by atoms with Crippen molar-refractivity contribution >= 4 is 17.3 Å². The molecule has 0 aliphatic carbocycles. The number of ether oxygens (including phenoxy) is 1. The van der Waals surface area contributed by atoms with Gasteiger partial charge in [-0.1, -0.05) is 6.07 Å². The van der Waals surface area contributed by atoms with Gasteiger partial charge in [-0.05, 0) is 36.4 Å². The van der Waals surface area contributed by atoms with E-state index in [1.165, 1.54) is 31.4 Å². The Balaban J connectivity index is 2.25. The maximum Gasteiger partial charge on any atom is 0.259 e. The third-order valence-electron chi connectivity index (χ3n) is 2.60. The molecule has 0 aliphatic heterocycles. The van der Waals surface area contributed by atoms with Crippen LogP contribution in [-0.4, -0.2) is 13.0 Å². The third-order valence-corrected chi connectivity index (χ3v) is 2.60. The molecule has 0 bridgehead atoms. The lowest BCUT2D eigenvalue weighted by Crippen LogP contribution is -2.13. The summed E-state index contributed by atoms with van der Waals surface area (Å²) in [6.07, 6.45) is 0. The molecule has 19 heavy (non-hydrogen) atoms. The number of hydrogen-bond acceptors (Lipinski definition) is 3. The van der Waals surface area contributed by atoms with E-state index >= 15 is 0 Å². The van der Waals surface area contributed by atoms with Gasteiger partial charge in [-0.2, -0.15) is 0 Å². The van der Waals surface area contributed by atoms with Gasteiger partial charge in [-0.15, -0.1) is 0 Å². The molecule has 2 rings (SSSR count). The number of methoxy groups -OCH3 is 1. The summed E-state index contributed by atoms with van der Waals surface area (Å²) in [4.78, 5) is 12.1. The van der Waals surface area contributed by atoms with Crippen LogP contribution in [0.25, 0.3) is 0 Å². The first kappa shape index (κ1) is 12.9. The van der Waals surface area contributed by atoms with Crippen molar-refractivity contribution in [2.75, 3.05) is 18.2 Å². The molecule has 0 aliphatic rings. The molecule has 0 heterocycles. The number of carbonyl (C=O) groups is 1. The summed E-state index contributed by atoms with van der Waals surface area (Å²) in [5.74, 6) is -0.405. The Morgan fingerprint density at radius 1 is 1.21 bits per heavy atom. The Labute approximate surface area is 110 Å². The molecule has 1 amide bonds. The summed E-state index contributed by atoms with van der Waals surface area (Å²) >= 11 is 0. The van der Waals surface area contributed by atoms with E-state index < -0.39 is 0 Å². The SMILES string of the molecule is COc1c(N)cccc1C(=O)Nc1ccc(F)cc1. The number of nitrogens with one attached hydrogen (secondary N) is 1. The largest absolute Gasteiger partial charge is 0.494 e. The number of nitrogens with two attached hydrogens (primary N) is 1. The second-order valence-electron chi connectivity index (χ2n) is 3.89. The number of carbonyl (C=O) groups excluding carboxylic acids is 1. The summed E-state index contributed by atoms with van der Waals surface area (Å²) in [5.41, 5.74) is 6.93. The first-order valence-corrected chi connectivity index (χ1v) is 5.61. The van der Waals surface area contributed by atoms with E-state index in [0.29, 0.717) is 22.7 Å². The van der Waals surface area contributed by atoms with Gasteiger partial charge in [-0.3, -0.25) is 4.79 Å². The zero-order valence-electron chi connectivity index (χ0n) is 10.3. The van der Waals surface area contributed by atoms with E-state index in [-0.39, 0.29) is 11.7 Å². The summed E-state index contributed by atoms with van der Waals surface area (Å²) in [6, 6.07) is 10.4. The van der Waals surface area contributed by atoms with E-state index in [4.69, 9.17) is 10.5 Å². The standard InChI is InChI=1S/C14H13FN2O2/c1-19-13-11(3-2-4-12(13)16)14(18)17-10-7-5-9(15)6-8-10/h2-8H,16H2,1H3,(H,17,18). The van der Waals surface area contributed by atoms with E-state index in [1.807, 2.05) is 0 Å². The third kappa shape index (κ3) is 2.82. The predicted octanol–water partition coefficient (Wildman–Crippen LogP) is 2.67. The lowest BCUT2D eigenvalue weighted by molar-refractivity contribution is 0.102. The molecule has 98 valence electrons. The van der Waals surface area contributed by atoms with Crippen molar-refractivity contribution < 1.29 is 13.9 Å². The van der Waals surface area contributed by atoms with Crippen LogP contribution in [0.2, 0.25) is 0 Å². The van der Waals surface area contributed by atoms with Gasteiger partial charge in [0.05, 0.1) is 18.4 Å². The molecule has 0 fully saturated rings. The summed E-state index contributed by atoms with van der Waals surface area (Å²) in [7, 11) is 1.44. The van der Waals surface area contributed by atoms with Gasteiger partial charge < -0.3 is 15.8 Å². The fourth-order valence-electron chi connectivity index (χ4n) is 1.69. The quantitative estimate of drug-likeness (QED) is 0.834. The highest BCUT2D eigenvalue weighted by atomic mass is 19.1. The minimum atomic E-state index is -0.365. The number of para-hydroxylation sites is 1. The maximum atomic E-state index is 12.8. The van der Waals surface area contributed by atoms with Gasteiger partial charge in [0.1, 0.15) is 5.82 Å². The van der Waals surface area contributed by atoms with E-state index in [2.05, 4.69) is 5.32 Å². The van der Waals surface area contributed by atoms with Gasteiger partial charge in [-0.25, -0.2) is 4.39 Å². The smallest absolute Gasteiger partial charge is 0.259 e. The molecule has 4 nitrogen and oxygen atoms in total. The fraction of sp³-hybridized carbons (Fsp3) is 0.0714. The zero-order valence-corrected chi connectivity index (χ0v) is 10.3. The molecule has 0 saturated carbocycles. The second kappa shape index (κ2) is 5.39. The number of nitrogen functional groups attached to an aromatic ring is 1. The maximum absolute atomic E-state index is 12.8. The monoisotopic (exact) mass is 260 g/mol. The number of benzene rings is 2. The molecule has 2 aromatic carbocycles. The fourth-order valence-corrected chi connectivity index (χ4v) is 1.69. The summed E-state index contributed by atoms with van der Waals surface area (Å²) in [6.45, 7) is 0. The lowest BCUT2D eigenvalue weighted by Gasteiger charge is -2.11. The molecule has 0 unspecified atom stereocenters. The van der Waals surface area contributed by atoms with Gasteiger partial charge in [0.15, 0.2) is 5.75 Å². The minimum Gasteiger partial charge on any atom is -0.494 e. The molecule has 0 aromatic heterocycles. The minimum absolute atomic E-state index is 0.321. The lowest BCUT2D eigenvalue weighted by atomic mass is 10.1. The second-order valence-corrected chi connectivity index (χ2v) is 3.89. The van der Waals surface area contributed by atoms with Crippen molar-refractivity contribution in [3.8, 4) is 5.75 Å². The number of halogens is 1. The highest BCUT2D eigenvalue weighted by Gasteiger charge is 2.14. The Morgan fingerprint density at radius 3 is 2.53 bits per heavy atom. The molecule has 3 N–H and O–H groups in total. The molecule has 0 atom stereocenters. The van der Waals surface area contributed by atoms with Crippen LogP contribution in [0.3, 0.4) is 0 Å². The molecule has 2 aromatic rings. The van der Waals surface area contributed by atoms with Gasteiger partial charge in [0, 0.05) is 5.69 Å². The molecule has 5 heteroatoms. The van der Waals surface area contributed by atoms with Crippen LogP contribution in [-0.2, 0) is 0 Å². The predicted molar refractivity (Wildman–Crippen MR) is 71.8 cm³/mol. The van der Waals surface area contributed by atoms with Crippen LogP contribution < -0.4 is 15.8 Å². The number of rotatable bonds is 3. The molecular formula is C14H13FN2O2. The average molecular weight is 260 g/mol. The molecule has 0 spiro atoms. The normalized spacial score (nSPS) is 10.0. The van der Waals surface area contributed by atoms with Gasteiger partial charge in [0.2, 0.25) is 0 Å². The molecule has 0 saturated heterocycles. The van der Waals surface area contributed by atoms with Crippen molar-refractivity contribution in [3.05, 3.63) is 53.8 Å². The van der Waals surface area contributed by atoms with Crippen LogP contribution >= 0.6 is 0 Å². The Morgan fingerprint density at radius 2 is 1.89 bits per heavy atom. The van der Waals surface area contributed by atoms with Crippen molar-refractivity contribution in [1.82, 2.24) is 0 Å². The number of anilines is 2. The van der Waals surface area contributed by atoms with E-state index in [1.54, 1.807) is 18.2 Å². The number of amides is 1. The van der Waals surface area contributed by atoms with Gasteiger partial charge in [0.25, 0.3) is 5.91 Å². The topological polar surface area (TPSA) is 64.3 Å². The van der Waals surface area contributed by atoms with E-state index in [0.717, 1.165) is 0 Å². The van der Waals surface area contributed by atoms with E-state index in [9.17, 15) is 9.18 Å². The zero-order chi connectivity index (χ0) is 13.8. The Hall–Kier alpha value is -2.56. The highest BCUT2D eigenvalue weighted by Crippen LogP contribution is 2.26. The highest BCUT2D eigenvalue weighted by molar-refractivity contribution is 6.07. The van der Waals surface area contributed by atoms with Crippen LogP contribution in [0.5, 0.6) is 5.75 Å². The summed E-state index contributed by atoms with van der Waals surface area (Å²) in [5, 5.41) is 2.65. The van der Waals surface area contributed by atoms with Crippen molar-refractivity contribution in [1.29, 1.82) is 0 Å². The Kier molecular flexibility index (Phi) is 3.66. The van der Waals surface area contributed by atoms with Crippen LogP contribution in [0.4, 0.5) is 15.8 Å². The number of hydrogen-bond donors (Lipinski definition) is 2. The van der Waals surface area contributed by atoms with Crippen molar-refractivity contribution in [3.63, 3.8) is 0 Å². The van der Waals surface area contributed by atoms with Crippen LogP contribution in [0.1, 0.15) is 10.4 Å². The van der Waals surface area contributed by atoms with Crippen molar-refractivity contribution in [2.45, 2.75) is 0 Å². The van der Waals surface area contributed by atoms with Crippen molar-refractivity contribution in [2.24, 2.45) is 0 Å². The van der Waals surface area contributed by atoms with Crippen LogP contribution in [0, 0.1) is 5.82 Å². The molecular weight excluding hydrogens is 247 g/mol. The first-order valence-electron chi connectivity index (χ1n) is 5.61. The first-order chi connectivity index (χ1) is 9.11. The van der Waals surface area contributed by atoms with Gasteiger partial charge >= 0.3 is 0 Å².